The van der Waals surface area contributed by atoms with Crippen molar-refractivity contribution in [3.8, 4) is 0 Å². The van der Waals surface area contributed by atoms with Gasteiger partial charge in [0.1, 0.15) is 0 Å². The summed E-state index contributed by atoms with van der Waals surface area (Å²) in [4.78, 5) is 16.5. The highest BCUT2D eigenvalue weighted by molar-refractivity contribution is 5.85. The number of piperidine rings is 1. The van der Waals surface area contributed by atoms with Gasteiger partial charge >= 0.3 is 0 Å². The molecule has 124 valence electrons. The lowest BCUT2D eigenvalue weighted by atomic mass is 9.98. The van der Waals surface area contributed by atoms with Gasteiger partial charge in [-0.2, -0.15) is 0 Å². The summed E-state index contributed by atoms with van der Waals surface area (Å²) >= 11 is 0. The zero-order chi connectivity index (χ0) is 15.2. The summed E-state index contributed by atoms with van der Waals surface area (Å²) in [5, 5.41) is 0. The molecule has 0 aliphatic carbocycles. The quantitative estimate of drug-likeness (QED) is 0.901. The molecule has 22 heavy (non-hydrogen) atoms. The van der Waals surface area contributed by atoms with E-state index in [4.69, 9.17) is 5.73 Å². The number of carbonyl (C=O) groups excluding carboxylic acids is 1. The highest BCUT2D eigenvalue weighted by atomic mass is 35.5. The lowest BCUT2D eigenvalue weighted by molar-refractivity contribution is -0.132. The van der Waals surface area contributed by atoms with Crippen molar-refractivity contribution in [2.75, 3.05) is 33.2 Å². The number of benzene rings is 1. The molecular weight excluding hydrogens is 298 g/mol. The number of carbonyl (C=O) groups is 1. The second-order valence-corrected chi connectivity index (χ2v) is 6.16. The van der Waals surface area contributed by atoms with Crippen LogP contribution in [0.1, 0.15) is 24.0 Å². The van der Waals surface area contributed by atoms with Crippen LogP contribution in [-0.2, 0) is 11.3 Å². The normalized spacial score (nSPS) is 18.6. The van der Waals surface area contributed by atoms with Crippen LogP contribution in [0.2, 0.25) is 0 Å². The number of nitrogens with zero attached hydrogens (tertiary/aromatic N) is 2. The first-order chi connectivity index (χ1) is 10.1. The van der Waals surface area contributed by atoms with Crippen LogP contribution < -0.4 is 5.73 Å². The molecule has 1 aromatic carbocycles. The van der Waals surface area contributed by atoms with Crippen LogP contribution in [0.3, 0.4) is 0 Å². The van der Waals surface area contributed by atoms with Crippen molar-refractivity contribution in [2.45, 2.75) is 26.3 Å². The first-order valence-corrected chi connectivity index (χ1v) is 7.81. The van der Waals surface area contributed by atoms with Gasteiger partial charge < -0.3 is 10.6 Å². The van der Waals surface area contributed by atoms with E-state index in [1.807, 2.05) is 24.1 Å². The van der Waals surface area contributed by atoms with Crippen molar-refractivity contribution >= 4 is 18.3 Å². The van der Waals surface area contributed by atoms with Gasteiger partial charge in [0.25, 0.3) is 0 Å². The minimum atomic E-state index is 0. The Morgan fingerprint density at radius 1 is 1.41 bits per heavy atom. The maximum absolute atomic E-state index is 12.4. The predicted octanol–water partition coefficient (Wildman–Crippen LogP) is 2.05. The van der Waals surface area contributed by atoms with E-state index in [0.717, 1.165) is 26.1 Å². The maximum atomic E-state index is 12.4. The van der Waals surface area contributed by atoms with E-state index in [0.29, 0.717) is 19.0 Å². The Hall–Kier alpha value is -1.10. The number of halogens is 1. The van der Waals surface area contributed by atoms with Gasteiger partial charge in [-0.25, -0.2) is 0 Å². The molecule has 2 rings (SSSR count). The highest BCUT2D eigenvalue weighted by Crippen LogP contribution is 2.15. The minimum absolute atomic E-state index is 0. The second-order valence-electron chi connectivity index (χ2n) is 6.16. The molecule has 1 heterocycles. The van der Waals surface area contributed by atoms with E-state index < -0.39 is 0 Å². The molecular formula is C17H28ClN3O. The molecule has 0 saturated carbocycles. The Balaban J connectivity index is 0.00000242. The van der Waals surface area contributed by atoms with Crippen molar-refractivity contribution in [3.05, 3.63) is 35.4 Å². The number of likely N-dealkylation sites (N-methyl/N-ethyl adjacent to an activating group) is 1. The molecule has 2 N–H and O–H groups in total. The molecule has 1 amide bonds. The maximum Gasteiger partial charge on any atom is 0.236 e. The topological polar surface area (TPSA) is 49.6 Å². The largest absolute Gasteiger partial charge is 0.340 e. The fourth-order valence-electron chi connectivity index (χ4n) is 2.93. The molecule has 0 spiro atoms. The first-order valence-electron chi connectivity index (χ1n) is 7.81. The van der Waals surface area contributed by atoms with Crippen LogP contribution in [0.5, 0.6) is 0 Å². The Morgan fingerprint density at radius 2 is 2.14 bits per heavy atom. The summed E-state index contributed by atoms with van der Waals surface area (Å²) in [6, 6.07) is 8.23. The highest BCUT2D eigenvalue weighted by Gasteiger charge is 2.21. The summed E-state index contributed by atoms with van der Waals surface area (Å²) in [5.41, 5.74) is 8.20. The molecule has 4 nitrogen and oxygen atoms in total. The van der Waals surface area contributed by atoms with Gasteiger partial charge in [-0.05, 0) is 49.9 Å². The number of hydrogen-bond acceptors (Lipinski definition) is 3. The van der Waals surface area contributed by atoms with Crippen molar-refractivity contribution in [1.82, 2.24) is 9.80 Å². The smallest absolute Gasteiger partial charge is 0.236 e. The third-order valence-corrected chi connectivity index (χ3v) is 4.39. The Morgan fingerprint density at radius 3 is 2.82 bits per heavy atom. The zero-order valence-corrected chi connectivity index (χ0v) is 14.4. The zero-order valence-electron chi connectivity index (χ0n) is 13.6. The Bertz CT molecular complexity index is 481. The van der Waals surface area contributed by atoms with Gasteiger partial charge in [0, 0.05) is 20.1 Å². The van der Waals surface area contributed by atoms with Crippen molar-refractivity contribution in [2.24, 2.45) is 11.7 Å². The fourth-order valence-corrected chi connectivity index (χ4v) is 2.93. The van der Waals surface area contributed by atoms with E-state index in [1.54, 1.807) is 0 Å². The summed E-state index contributed by atoms with van der Waals surface area (Å²) < 4.78 is 0. The third kappa shape index (κ3) is 5.27. The summed E-state index contributed by atoms with van der Waals surface area (Å²) in [6.45, 7) is 5.98. The fraction of sp³-hybridized carbons (Fsp3) is 0.588. The van der Waals surface area contributed by atoms with Crippen molar-refractivity contribution in [1.29, 1.82) is 0 Å². The number of nitrogens with two attached hydrogens (primary N) is 1. The molecule has 5 heteroatoms. The molecule has 1 aliphatic heterocycles. The molecule has 1 unspecified atom stereocenters. The molecule has 1 aromatic rings. The van der Waals surface area contributed by atoms with Gasteiger partial charge in [0.15, 0.2) is 0 Å². The second kappa shape index (κ2) is 9.13. The minimum Gasteiger partial charge on any atom is -0.340 e. The molecule has 0 radical (unpaired) electrons. The van der Waals surface area contributed by atoms with E-state index in [2.05, 4.69) is 24.0 Å². The number of likely N-dealkylation sites (tertiary alicyclic amines) is 1. The van der Waals surface area contributed by atoms with Gasteiger partial charge in [-0.1, -0.05) is 24.3 Å². The molecule has 1 atom stereocenters. The molecule has 1 aliphatic rings. The predicted molar refractivity (Wildman–Crippen MR) is 93.1 cm³/mol. The van der Waals surface area contributed by atoms with Crippen LogP contribution in [0.4, 0.5) is 0 Å². The Kier molecular flexibility index (Phi) is 7.87. The van der Waals surface area contributed by atoms with E-state index in [1.165, 1.54) is 17.5 Å². The van der Waals surface area contributed by atoms with Crippen LogP contribution >= 0.6 is 12.4 Å². The van der Waals surface area contributed by atoms with E-state index >= 15 is 0 Å². The van der Waals surface area contributed by atoms with Gasteiger partial charge in [-0.3, -0.25) is 9.69 Å². The number of hydrogen-bond donors (Lipinski definition) is 1. The summed E-state index contributed by atoms with van der Waals surface area (Å²) in [7, 11) is 1.89. The van der Waals surface area contributed by atoms with Crippen LogP contribution in [-0.4, -0.2) is 48.9 Å². The van der Waals surface area contributed by atoms with Crippen LogP contribution in [0.25, 0.3) is 0 Å². The monoisotopic (exact) mass is 325 g/mol. The van der Waals surface area contributed by atoms with Crippen molar-refractivity contribution < 1.29 is 4.79 Å². The van der Waals surface area contributed by atoms with Gasteiger partial charge in [-0.15, -0.1) is 12.4 Å². The summed E-state index contributed by atoms with van der Waals surface area (Å²) in [6.07, 6.45) is 2.34. The molecule has 0 aromatic heterocycles. The van der Waals surface area contributed by atoms with Crippen molar-refractivity contribution in [3.63, 3.8) is 0 Å². The number of aryl methyl sites for hydroxylation is 1. The molecule has 0 bridgehead atoms. The average molecular weight is 326 g/mol. The number of rotatable bonds is 5. The average Bonchev–Trinajstić information content (AvgIpc) is 2.49. The van der Waals surface area contributed by atoms with Crippen LogP contribution in [0, 0.1) is 12.8 Å². The number of amides is 1. The third-order valence-electron chi connectivity index (χ3n) is 4.39. The lowest BCUT2D eigenvalue weighted by Gasteiger charge is -2.32. The first kappa shape index (κ1) is 18.9. The van der Waals surface area contributed by atoms with Crippen LogP contribution in [0.15, 0.2) is 24.3 Å². The van der Waals surface area contributed by atoms with Gasteiger partial charge in [0.05, 0.1) is 6.54 Å². The Labute approximate surface area is 140 Å². The van der Waals surface area contributed by atoms with E-state index in [-0.39, 0.29) is 18.3 Å². The van der Waals surface area contributed by atoms with Gasteiger partial charge in [0.2, 0.25) is 5.91 Å². The standard InChI is InChI=1S/C17H27N3O.ClH/c1-14-6-3-4-8-16(14)12-19(2)17(21)13-20-9-5-7-15(10-18)11-20;/h3-4,6,8,15H,5,7,9-13,18H2,1-2H3;1H. The summed E-state index contributed by atoms with van der Waals surface area (Å²) in [5.74, 6) is 0.740. The molecule has 1 saturated heterocycles. The lowest BCUT2D eigenvalue weighted by Crippen LogP contribution is -2.44. The van der Waals surface area contributed by atoms with E-state index in [9.17, 15) is 4.79 Å². The molecule has 1 fully saturated rings. The SMILES string of the molecule is Cc1ccccc1CN(C)C(=O)CN1CCCC(CN)C1.Cl.